The SMILES string of the molecule is CNC(=O)Nc1cccc(NC(=O)C(C)Sc2ccccc2)c1. The van der Waals surface area contributed by atoms with E-state index in [0.717, 1.165) is 4.90 Å². The standard InChI is InChI=1S/C17H19N3O2S/c1-12(23-15-9-4-3-5-10-15)16(21)19-13-7-6-8-14(11-13)20-17(22)18-2/h3-12H,1-2H3,(H,19,21)(H2,18,20,22). The molecule has 2 aromatic rings. The van der Waals surface area contributed by atoms with Crippen LogP contribution in [0, 0.1) is 0 Å². The Bertz CT molecular complexity index is 677. The van der Waals surface area contributed by atoms with E-state index >= 15 is 0 Å². The normalized spacial score (nSPS) is 11.4. The van der Waals surface area contributed by atoms with Crippen molar-refractivity contribution in [2.75, 3.05) is 17.7 Å². The summed E-state index contributed by atoms with van der Waals surface area (Å²) in [6.07, 6.45) is 0. The van der Waals surface area contributed by atoms with Crippen molar-refractivity contribution in [1.82, 2.24) is 5.32 Å². The monoisotopic (exact) mass is 329 g/mol. The van der Waals surface area contributed by atoms with E-state index in [1.54, 1.807) is 31.3 Å². The van der Waals surface area contributed by atoms with Gasteiger partial charge in [0.15, 0.2) is 0 Å². The summed E-state index contributed by atoms with van der Waals surface area (Å²) in [5, 5.41) is 7.78. The second-order valence-corrected chi connectivity index (χ2v) is 6.26. The van der Waals surface area contributed by atoms with Crippen molar-refractivity contribution in [2.24, 2.45) is 0 Å². The second kappa shape index (κ2) is 8.24. The van der Waals surface area contributed by atoms with Gasteiger partial charge in [0, 0.05) is 23.3 Å². The summed E-state index contributed by atoms with van der Waals surface area (Å²) in [6, 6.07) is 16.5. The highest BCUT2D eigenvalue weighted by atomic mass is 32.2. The van der Waals surface area contributed by atoms with Crippen molar-refractivity contribution in [3.8, 4) is 0 Å². The fourth-order valence-corrected chi connectivity index (χ4v) is 2.76. The number of carbonyl (C=O) groups excluding carboxylic acids is 2. The van der Waals surface area contributed by atoms with Crippen LogP contribution in [0.1, 0.15) is 6.92 Å². The lowest BCUT2D eigenvalue weighted by molar-refractivity contribution is -0.115. The molecule has 120 valence electrons. The number of thioether (sulfide) groups is 1. The fourth-order valence-electron chi connectivity index (χ4n) is 1.87. The zero-order valence-electron chi connectivity index (χ0n) is 13.0. The molecule has 0 radical (unpaired) electrons. The summed E-state index contributed by atoms with van der Waals surface area (Å²) in [5.74, 6) is -0.0871. The first-order chi connectivity index (χ1) is 11.1. The Kier molecular flexibility index (Phi) is 6.05. The molecule has 5 nitrogen and oxygen atoms in total. The largest absolute Gasteiger partial charge is 0.341 e. The molecule has 0 aromatic heterocycles. The predicted molar refractivity (Wildman–Crippen MR) is 94.9 cm³/mol. The van der Waals surface area contributed by atoms with Gasteiger partial charge < -0.3 is 16.0 Å². The van der Waals surface area contributed by atoms with Crippen LogP contribution in [0.25, 0.3) is 0 Å². The topological polar surface area (TPSA) is 70.2 Å². The number of amides is 3. The van der Waals surface area contributed by atoms with Gasteiger partial charge in [0.05, 0.1) is 5.25 Å². The lowest BCUT2D eigenvalue weighted by Gasteiger charge is -2.13. The predicted octanol–water partition coefficient (Wildman–Crippen LogP) is 3.56. The lowest BCUT2D eigenvalue weighted by atomic mass is 10.2. The first kappa shape index (κ1) is 16.9. The molecule has 1 atom stereocenters. The average Bonchev–Trinajstić information content (AvgIpc) is 2.56. The molecule has 0 aliphatic heterocycles. The molecule has 0 fully saturated rings. The van der Waals surface area contributed by atoms with Crippen molar-refractivity contribution in [1.29, 1.82) is 0 Å². The van der Waals surface area contributed by atoms with E-state index in [4.69, 9.17) is 0 Å². The Balaban J connectivity index is 1.96. The van der Waals surface area contributed by atoms with Crippen molar-refractivity contribution in [3.63, 3.8) is 0 Å². The Labute approximate surface area is 139 Å². The van der Waals surface area contributed by atoms with Gasteiger partial charge in [-0.1, -0.05) is 24.3 Å². The molecule has 0 saturated heterocycles. The molecule has 2 aromatic carbocycles. The molecule has 2 rings (SSSR count). The minimum Gasteiger partial charge on any atom is -0.341 e. The van der Waals surface area contributed by atoms with Crippen LogP contribution in [0.4, 0.5) is 16.2 Å². The lowest BCUT2D eigenvalue weighted by Crippen LogP contribution is -2.25. The van der Waals surface area contributed by atoms with Crippen molar-refractivity contribution in [2.45, 2.75) is 17.1 Å². The Morgan fingerprint density at radius 1 is 0.957 bits per heavy atom. The molecule has 3 amide bonds. The fraction of sp³-hybridized carbons (Fsp3) is 0.176. The number of carbonyl (C=O) groups is 2. The van der Waals surface area contributed by atoms with E-state index in [-0.39, 0.29) is 17.2 Å². The van der Waals surface area contributed by atoms with Crippen molar-refractivity contribution < 1.29 is 9.59 Å². The van der Waals surface area contributed by atoms with Crippen LogP contribution in [0.3, 0.4) is 0 Å². The molecule has 0 saturated carbocycles. The maximum atomic E-state index is 12.3. The average molecular weight is 329 g/mol. The van der Waals surface area contributed by atoms with E-state index in [1.165, 1.54) is 11.8 Å². The van der Waals surface area contributed by atoms with Crippen molar-refractivity contribution >= 4 is 35.1 Å². The van der Waals surface area contributed by atoms with Gasteiger partial charge >= 0.3 is 6.03 Å². The highest BCUT2D eigenvalue weighted by Gasteiger charge is 2.14. The summed E-state index contributed by atoms with van der Waals surface area (Å²) in [4.78, 5) is 24.6. The van der Waals surface area contributed by atoms with Crippen LogP contribution < -0.4 is 16.0 Å². The van der Waals surface area contributed by atoms with Crippen LogP contribution in [0.15, 0.2) is 59.5 Å². The highest BCUT2D eigenvalue weighted by molar-refractivity contribution is 8.00. The second-order valence-electron chi connectivity index (χ2n) is 4.85. The van der Waals surface area contributed by atoms with Crippen LogP contribution >= 0.6 is 11.8 Å². The number of rotatable bonds is 5. The summed E-state index contributed by atoms with van der Waals surface area (Å²) < 4.78 is 0. The van der Waals surface area contributed by atoms with Gasteiger partial charge in [-0.25, -0.2) is 4.79 Å². The number of urea groups is 1. The molecule has 1 unspecified atom stereocenters. The number of hydrogen-bond donors (Lipinski definition) is 3. The molecule has 6 heteroatoms. The van der Waals surface area contributed by atoms with Crippen molar-refractivity contribution in [3.05, 3.63) is 54.6 Å². The molecule has 0 bridgehead atoms. The van der Waals surface area contributed by atoms with Gasteiger partial charge in [-0.2, -0.15) is 0 Å². The number of nitrogens with one attached hydrogen (secondary N) is 3. The first-order valence-corrected chi connectivity index (χ1v) is 8.08. The summed E-state index contributed by atoms with van der Waals surface area (Å²) in [7, 11) is 1.55. The van der Waals surface area contributed by atoms with E-state index < -0.39 is 0 Å². The Morgan fingerprint density at radius 2 is 1.61 bits per heavy atom. The first-order valence-electron chi connectivity index (χ1n) is 7.20. The highest BCUT2D eigenvalue weighted by Crippen LogP contribution is 2.24. The molecule has 3 N–H and O–H groups in total. The Morgan fingerprint density at radius 3 is 2.26 bits per heavy atom. The van der Waals surface area contributed by atoms with Crippen LogP contribution in [0.2, 0.25) is 0 Å². The molecule has 0 aliphatic carbocycles. The number of benzene rings is 2. The minimum atomic E-state index is -0.304. The molecular weight excluding hydrogens is 310 g/mol. The third-order valence-electron chi connectivity index (χ3n) is 3.04. The van der Waals surface area contributed by atoms with Gasteiger partial charge in [-0.05, 0) is 37.3 Å². The molecule has 0 aliphatic rings. The molecule has 0 heterocycles. The smallest absolute Gasteiger partial charge is 0.318 e. The number of anilines is 2. The van der Waals surface area contributed by atoms with E-state index in [9.17, 15) is 9.59 Å². The molecule has 23 heavy (non-hydrogen) atoms. The third kappa shape index (κ3) is 5.34. The van der Waals surface area contributed by atoms with E-state index in [2.05, 4.69) is 16.0 Å². The van der Waals surface area contributed by atoms with Crippen LogP contribution in [0.5, 0.6) is 0 Å². The van der Waals surface area contributed by atoms with Gasteiger partial charge in [0.2, 0.25) is 5.91 Å². The quantitative estimate of drug-likeness (QED) is 0.735. The summed E-state index contributed by atoms with van der Waals surface area (Å²) in [6.45, 7) is 1.86. The van der Waals surface area contributed by atoms with E-state index in [1.807, 2.05) is 37.3 Å². The van der Waals surface area contributed by atoms with Crippen LogP contribution in [-0.2, 0) is 4.79 Å². The molecular formula is C17H19N3O2S. The summed E-state index contributed by atoms with van der Waals surface area (Å²) >= 11 is 1.50. The van der Waals surface area contributed by atoms with Crippen LogP contribution in [-0.4, -0.2) is 24.2 Å². The Hall–Kier alpha value is -2.47. The summed E-state index contributed by atoms with van der Waals surface area (Å²) in [5.41, 5.74) is 1.26. The maximum absolute atomic E-state index is 12.3. The van der Waals surface area contributed by atoms with Gasteiger partial charge in [-0.15, -0.1) is 11.8 Å². The van der Waals surface area contributed by atoms with E-state index in [0.29, 0.717) is 11.4 Å². The van der Waals surface area contributed by atoms with Gasteiger partial charge in [0.25, 0.3) is 0 Å². The molecule has 0 spiro atoms. The minimum absolute atomic E-state index is 0.0871. The van der Waals surface area contributed by atoms with Gasteiger partial charge in [-0.3, -0.25) is 4.79 Å². The maximum Gasteiger partial charge on any atom is 0.318 e. The number of hydrogen-bond acceptors (Lipinski definition) is 3. The third-order valence-corrected chi connectivity index (χ3v) is 4.15. The van der Waals surface area contributed by atoms with Gasteiger partial charge in [0.1, 0.15) is 0 Å². The zero-order chi connectivity index (χ0) is 16.7. The zero-order valence-corrected chi connectivity index (χ0v) is 13.8.